The number of phosphoric ester groups is 1. The Bertz CT molecular complexity index is 1320. The number of rotatable bonds is 43. The van der Waals surface area contributed by atoms with Crippen molar-refractivity contribution >= 4 is 19.7 Å². The molecule has 2 atom stereocenters. The zero-order valence-corrected chi connectivity index (χ0v) is 39.2. The molecule has 0 aliphatic heterocycles. The molecule has 10 heteroatoms. The molecule has 0 aromatic carbocycles. The van der Waals surface area contributed by atoms with Gasteiger partial charge in [0.05, 0.1) is 13.2 Å². The molecule has 1 amide bonds. The molecule has 2 unspecified atom stereocenters. The maximum Gasteiger partial charge on any atom is 0.472 e. The lowest BCUT2D eigenvalue weighted by Gasteiger charge is -2.15. The molecule has 0 saturated heterocycles. The second kappa shape index (κ2) is 46.4. The number of aliphatic hydroxyl groups is 1. The normalized spacial score (nSPS) is 14.1. The summed E-state index contributed by atoms with van der Waals surface area (Å²) in [6.45, 7) is 3.36. The topological polar surface area (TPSA) is 131 Å². The molecule has 61 heavy (non-hydrogen) atoms. The maximum atomic E-state index is 12.1. The number of unbranched alkanes of at least 4 members (excludes halogenated alkanes) is 14. The highest BCUT2D eigenvalue weighted by Crippen LogP contribution is 2.42. The number of aliphatic hydroxyl groups excluding tert-OH is 1. The van der Waals surface area contributed by atoms with Gasteiger partial charge in [0.15, 0.2) is 0 Å². The van der Waals surface area contributed by atoms with Crippen molar-refractivity contribution in [2.24, 2.45) is 0 Å². The summed E-state index contributed by atoms with van der Waals surface area (Å²) in [5.74, 6) is -0.556. The van der Waals surface area contributed by atoms with Crippen LogP contribution in [0.4, 0.5) is 0 Å². The lowest BCUT2D eigenvalue weighted by molar-refractivity contribution is -0.147. The maximum absolute atomic E-state index is 12.1. The van der Waals surface area contributed by atoms with Crippen LogP contribution < -0.4 is 5.32 Å². The van der Waals surface area contributed by atoms with E-state index in [1.165, 1.54) is 44.9 Å². The van der Waals surface area contributed by atoms with Crippen LogP contribution in [0.15, 0.2) is 97.2 Å². The summed E-state index contributed by atoms with van der Waals surface area (Å²) in [7, 11) is -4.44. The average molecular weight is 872 g/mol. The molecule has 0 aromatic rings. The SMILES string of the molecule is CC/C=C\C/C=C\C/C=C\C/C=C\C/C=C\C/C=C\CCCCCCC(=O)NCCOP(=O)(O)OCC(O)COC(=O)CCCCCCCCC/C=C\C/C=C\CCCCC. The van der Waals surface area contributed by atoms with E-state index in [1.54, 1.807) is 0 Å². The van der Waals surface area contributed by atoms with Crippen LogP contribution in [0.25, 0.3) is 0 Å². The number of hydrogen-bond acceptors (Lipinski definition) is 7. The van der Waals surface area contributed by atoms with E-state index in [4.69, 9.17) is 13.8 Å². The third kappa shape index (κ3) is 47.8. The van der Waals surface area contributed by atoms with Crippen molar-refractivity contribution in [2.45, 2.75) is 187 Å². The predicted molar refractivity (Wildman–Crippen MR) is 256 cm³/mol. The molecule has 0 aromatic heterocycles. The molecule has 0 fully saturated rings. The van der Waals surface area contributed by atoms with Crippen molar-refractivity contribution in [1.29, 1.82) is 0 Å². The van der Waals surface area contributed by atoms with Crippen LogP contribution in [0.5, 0.6) is 0 Å². The summed E-state index contributed by atoms with van der Waals surface area (Å²) in [6.07, 6.45) is 60.5. The number of ether oxygens (including phenoxy) is 1. The minimum atomic E-state index is -4.44. The van der Waals surface area contributed by atoms with Crippen molar-refractivity contribution in [1.82, 2.24) is 5.32 Å². The van der Waals surface area contributed by atoms with Gasteiger partial charge in [-0.25, -0.2) is 4.57 Å². The second-order valence-electron chi connectivity index (χ2n) is 15.3. The van der Waals surface area contributed by atoms with Crippen LogP contribution in [0.1, 0.15) is 181 Å². The molecule has 0 aliphatic rings. The fourth-order valence-corrected chi connectivity index (χ4v) is 6.70. The monoisotopic (exact) mass is 872 g/mol. The van der Waals surface area contributed by atoms with E-state index in [-0.39, 0.29) is 32.1 Å². The number of carbonyl (C=O) groups is 2. The Hall–Kier alpha value is -3.07. The van der Waals surface area contributed by atoms with Crippen molar-refractivity contribution in [3.05, 3.63) is 97.2 Å². The molecule has 0 saturated carbocycles. The highest BCUT2D eigenvalue weighted by atomic mass is 31.2. The fraction of sp³-hybridized carbons (Fsp3) is 0.647. The van der Waals surface area contributed by atoms with E-state index >= 15 is 0 Å². The van der Waals surface area contributed by atoms with Gasteiger partial charge in [-0.3, -0.25) is 18.6 Å². The molecule has 3 N–H and O–H groups in total. The Kier molecular flexibility index (Phi) is 44.1. The van der Waals surface area contributed by atoms with Crippen LogP contribution in [0.3, 0.4) is 0 Å². The Morgan fingerprint density at radius 3 is 1.41 bits per heavy atom. The molecule has 0 radical (unpaired) electrons. The summed E-state index contributed by atoms with van der Waals surface area (Å²) in [5, 5.41) is 12.7. The Labute approximate surface area is 372 Å². The van der Waals surface area contributed by atoms with Crippen molar-refractivity contribution in [3.63, 3.8) is 0 Å². The van der Waals surface area contributed by atoms with Gasteiger partial charge in [-0.1, -0.05) is 169 Å². The number of esters is 1. The van der Waals surface area contributed by atoms with E-state index in [1.807, 2.05) is 0 Å². The molecule has 0 rings (SSSR count). The first-order valence-electron chi connectivity index (χ1n) is 23.7. The van der Waals surface area contributed by atoms with Crippen LogP contribution in [0.2, 0.25) is 0 Å². The van der Waals surface area contributed by atoms with Gasteiger partial charge in [-0.2, -0.15) is 0 Å². The van der Waals surface area contributed by atoms with E-state index in [0.29, 0.717) is 6.42 Å². The zero-order valence-electron chi connectivity index (χ0n) is 38.3. The number of nitrogens with one attached hydrogen (secondary N) is 1. The summed E-state index contributed by atoms with van der Waals surface area (Å²) >= 11 is 0. The lowest BCUT2D eigenvalue weighted by atomic mass is 10.1. The number of carbonyl (C=O) groups excluding carboxylic acids is 2. The minimum Gasteiger partial charge on any atom is -0.463 e. The highest BCUT2D eigenvalue weighted by molar-refractivity contribution is 7.47. The molecule has 0 spiro atoms. The third-order valence-corrected chi connectivity index (χ3v) is 10.5. The molecule has 348 valence electrons. The molecule has 0 heterocycles. The van der Waals surface area contributed by atoms with E-state index in [0.717, 1.165) is 109 Å². The van der Waals surface area contributed by atoms with E-state index in [9.17, 15) is 24.2 Å². The Morgan fingerprint density at radius 2 is 0.934 bits per heavy atom. The smallest absolute Gasteiger partial charge is 0.463 e. The highest BCUT2D eigenvalue weighted by Gasteiger charge is 2.23. The van der Waals surface area contributed by atoms with Crippen LogP contribution >= 0.6 is 7.82 Å². The number of amides is 1. The van der Waals surface area contributed by atoms with Gasteiger partial charge in [0.1, 0.15) is 12.7 Å². The van der Waals surface area contributed by atoms with Crippen molar-refractivity contribution < 1.29 is 37.9 Å². The average Bonchev–Trinajstić information content (AvgIpc) is 3.25. The molecule has 9 nitrogen and oxygen atoms in total. The van der Waals surface area contributed by atoms with Gasteiger partial charge in [-0.05, 0) is 96.3 Å². The predicted octanol–water partition coefficient (Wildman–Crippen LogP) is 13.8. The lowest BCUT2D eigenvalue weighted by Crippen LogP contribution is -2.27. The minimum absolute atomic E-state index is 0.0603. The molecule has 0 bridgehead atoms. The summed E-state index contributed by atoms with van der Waals surface area (Å²) in [4.78, 5) is 34.0. The largest absolute Gasteiger partial charge is 0.472 e. The Morgan fingerprint density at radius 1 is 0.525 bits per heavy atom. The number of allylic oxidation sites excluding steroid dienone is 16. The number of phosphoric acid groups is 1. The van der Waals surface area contributed by atoms with Crippen LogP contribution in [-0.4, -0.2) is 54.3 Å². The van der Waals surface area contributed by atoms with Gasteiger partial charge in [-0.15, -0.1) is 0 Å². The first-order chi connectivity index (χ1) is 29.8. The standard InChI is InChI=1S/C51H86NO8P/c1-3-5-7-9-11-13-15-17-19-21-22-23-24-25-26-28-29-31-33-35-37-39-41-43-50(54)52-45-46-59-61(56,57)60-48-49(53)47-58-51(55)44-42-40-38-36-34-32-30-27-20-18-16-14-12-10-8-6-4-2/h5,7,11-14,17-20,22-23,25-26,29,31,49,53H,3-4,6,8-10,15-16,21,24,27-28,30,32-48H2,1-2H3,(H,52,54)(H,56,57)/b7-5-,13-11-,14-12-,19-17-,20-18-,23-22-,26-25-,31-29-. The fourth-order valence-electron chi connectivity index (χ4n) is 5.94. The second-order valence-corrected chi connectivity index (χ2v) is 16.8. The first-order valence-corrected chi connectivity index (χ1v) is 25.2. The summed E-state index contributed by atoms with van der Waals surface area (Å²) in [6, 6.07) is 0. The van der Waals surface area contributed by atoms with Gasteiger partial charge in [0.2, 0.25) is 5.91 Å². The van der Waals surface area contributed by atoms with Crippen molar-refractivity contribution in [2.75, 3.05) is 26.4 Å². The van der Waals surface area contributed by atoms with Gasteiger partial charge in [0, 0.05) is 19.4 Å². The quantitative estimate of drug-likeness (QED) is 0.0239. The van der Waals surface area contributed by atoms with Gasteiger partial charge >= 0.3 is 13.8 Å². The molecule has 0 aliphatic carbocycles. The Balaban J connectivity index is 3.67. The van der Waals surface area contributed by atoms with Crippen LogP contribution in [-0.2, 0) is 27.9 Å². The van der Waals surface area contributed by atoms with Crippen molar-refractivity contribution in [3.8, 4) is 0 Å². The van der Waals surface area contributed by atoms with Crippen LogP contribution in [0, 0.1) is 0 Å². The third-order valence-electron chi connectivity index (χ3n) is 9.50. The van der Waals surface area contributed by atoms with E-state index in [2.05, 4.69) is 116 Å². The number of hydrogen-bond donors (Lipinski definition) is 3. The summed E-state index contributed by atoms with van der Waals surface area (Å²) < 4.78 is 26.9. The van der Waals surface area contributed by atoms with E-state index < -0.39 is 26.5 Å². The summed E-state index contributed by atoms with van der Waals surface area (Å²) in [5.41, 5.74) is 0. The first kappa shape index (κ1) is 57.9. The zero-order chi connectivity index (χ0) is 44.6. The molecular formula is C51H86NO8P. The van der Waals surface area contributed by atoms with Gasteiger partial charge in [0.25, 0.3) is 0 Å². The van der Waals surface area contributed by atoms with Gasteiger partial charge < -0.3 is 20.1 Å². The molecular weight excluding hydrogens is 786 g/mol.